The molecular weight excluding hydrogens is 366 g/mol. The molecule has 0 atom stereocenters. The summed E-state index contributed by atoms with van der Waals surface area (Å²) in [5.41, 5.74) is 1.10. The van der Waals surface area contributed by atoms with Gasteiger partial charge in [-0.3, -0.25) is 4.68 Å². The van der Waals surface area contributed by atoms with Crippen LogP contribution in [-0.4, -0.2) is 26.9 Å². The molecule has 1 N–H and O–H groups in total. The summed E-state index contributed by atoms with van der Waals surface area (Å²) < 4.78 is 60.0. The lowest BCUT2D eigenvalue weighted by molar-refractivity contribution is -0.144. The zero-order valence-corrected chi connectivity index (χ0v) is 14.9. The van der Waals surface area contributed by atoms with Crippen molar-refractivity contribution in [1.82, 2.24) is 19.7 Å². The molecule has 0 radical (unpaired) electrons. The molecule has 3 rings (SSSR count). The molecule has 0 fully saturated rings. The first-order valence-electron chi connectivity index (χ1n) is 8.16. The third kappa shape index (κ3) is 3.64. The highest BCUT2D eigenvalue weighted by Crippen LogP contribution is 2.33. The molecule has 2 aromatic heterocycles. The van der Waals surface area contributed by atoms with Gasteiger partial charge in [-0.15, -0.1) is 0 Å². The van der Waals surface area contributed by atoms with Gasteiger partial charge >= 0.3 is 6.18 Å². The smallest absolute Gasteiger partial charge is 0.451 e. The fourth-order valence-corrected chi connectivity index (χ4v) is 2.74. The van der Waals surface area contributed by atoms with E-state index < -0.39 is 17.8 Å². The summed E-state index contributed by atoms with van der Waals surface area (Å²) in [4.78, 5) is 7.29. The van der Waals surface area contributed by atoms with Crippen LogP contribution in [0.5, 0.6) is 5.75 Å². The van der Waals surface area contributed by atoms with E-state index in [0.717, 1.165) is 6.07 Å². The largest absolute Gasteiger partial charge is 0.494 e. The number of hydrogen-bond acceptors (Lipinski definition) is 5. The third-order valence-corrected chi connectivity index (χ3v) is 3.91. The molecule has 1 aromatic carbocycles. The summed E-state index contributed by atoms with van der Waals surface area (Å²) in [6, 6.07) is 3.96. The summed E-state index contributed by atoms with van der Waals surface area (Å²) in [5.74, 6) is -2.01. The average molecular weight is 383 g/mol. The van der Waals surface area contributed by atoms with Gasteiger partial charge in [0.15, 0.2) is 17.4 Å². The Morgan fingerprint density at radius 3 is 2.56 bits per heavy atom. The van der Waals surface area contributed by atoms with Crippen LogP contribution in [-0.2, 0) is 19.6 Å². The molecule has 0 saturated heterocycles. The van der Waals surface area contributed by atoms with Crippen LogP contribution in [0.15, 0.2) is 18.2 Å². The van der Waals surface area contributed by atoms with Gasteiger partial charge in [-0.25, -0.2) is 14.4 Å². The minimum absolute atomic E-state index is 0.0233. The standard InChI is InChI=1S/C17H17F4N5O/c1-4-5-11-13-14(26(2)25-11)15(24-16(23-13)17(19,20)21)22-9-6-7-12(27-3)10(18)8-9/h6-8H,4-5H2,1-3H3,(H,22,23,24). The molecule has 0 unspecified atom stereocenters. The van der Waals surface area contributed by atoms with Crippen molar-refractivity contribution in [2.24, 2.45) is 7.05 Å². The number of anilines is 2. The number of methoxy groups -OCH3 is 1. The number of fused-ring (bicyclic) bond motifs is 1. The maximum Gasteiger partial charge on any atom is 0.451 e. The van der Waals surface area contributed by atoms with Crippen LogP contribution in [0.3, 0.4) is 0 Å². The summed E-state index contributed by atoms with van der Waals surface area (Å²) in [7, 11) is 2.91. The zero-order valence-electron chi connectivity index (χ0n) is 14.9. The molecule has 27 heavy (non-hydrogen) atoms. The molecule has 2 heterocycles. The Labute approximate surface area is 152 Å². The number of alkyl halides is 3. The summed E-state index contributed by atoms with van der Waals surface area (Å²) in [5, 5.41) is 7.00. The zero-order chi connectivity index (χ0) is 19.8. The van der Waals surface area contributed by atoms with E-state index in [0.29, 0.717) is 24.1 Å². The van der Waals surface area contributed by atoms with Crippen LogP contribution < -0.4 is 10.1 Å². The van der Waals surface area contributed by atoms with E-state index >= 15 is 0 Å². The highest BCUT2D eigenvalue weighted by atomic mass is 19.4. The van der Waals surface area contributed by atoms with E-state index in [-0.39, 0.29) is 22.8 Å². The number of rotatable bonds is 5. The van der Waals surface area contributed by atoms with Crippen LogP contribution >= 0.6 is 0 Å². The lowest BCUT2D eigenvalue weighted by Crippen LogP contribution is -2.13. The molecule has 0 amide bonds. The van der Waals surface area contributed by atoms with E-state index in [1.165, 1.54) is 23.9 Å². The van der Waals surface area contributed by atoms with Gasteiger partial charge in [-0.2, -0.15) is 18.3 Å². The first-order chi connectivity index (χ1) is 12.7. The number of aryl methyl sites for hydroxylation is 2. The Hall–Kier alpha value is -2.91. The van der Waals surface area contributed by atoms with Gasteiger partial charge in [-0.05, 0) is 18.6 Å². The minimum Gasteiger partial charge on any atom is -0.494 e. The molecule has 144 valence electrons. The number of benzene rings is 1. The first kappa shape index (κ1) is 18.9. The Kier molecular flexibility index (Phi) is 4.90. The van der Waals surface area contributed by atoms with E-state index in [9.17, 15) is 17.6 Å². The average Bonchev–Trinajstić information content (AvgIpc) is 2.91. The molecule has 0 aliphatic heterocycles. The molecular formula is C17H17F4N5O. The van der Waals surface area contributed by atoms with Crippen molar-refractivity contribution in [3.63, 3.8) is 0 Å². The summed E-state index contributed by atoms with van der Waals surface area (Å²) in [6.45, 7) is 1.89. The topological polar surface area (TPSA) is 64.9 Å². The Morgan fingerprint density at radius 1 is 1.22 bits per heavy atom. The van der Waals surface area contributed by atoms with Gasteiger partial charge < -0.3 is 10.1 Å². The van der Waals surface area contributed by atoms with Crippen molar-refractivity contribution in [3.05, 3.63) is 35.5 Å². The lowest BCUT2D eigenvalue weighted by Gasteiger charge is -2.12. The van der Waals surface area contributed by atoms with Crippen molar-refractivity contribution in [3.8, 4) is 5.75 Å². The molecule has 0 bridgehead atoms. The van der Waals surface area contributed by atoms with E-state index in [1.54, 1.807) is 7.05 Å². The van der Waals surface area contributed by atoms with Gasteiger partial charge in [0.2, 0.25) is 5.82 Å². The van der Waals surface area contributed by atoms with Gasteiger partial charge in [-0.1, -0.05) is 13.3 Å². The molecule has 6 nitrogen and oxygen atoms in total. The van der Waals surface area contributed by atoms with Crippen molar-refractivity contribution in [2.45, 2.75) is 25.9 Å². The molecule has 3 aromatic rings. The fraction of sp³-hybridized carbons (Fsp3) is 0.353. The maximum atomic E-state index is 13.9. The lowest BCUT2D eigenvalue weighted by atomic mass is 10.2. The normalized spacial score (nSPS) is 11.8. The second-order valence-corrected chi connectivity index (χ2v) is 5.89. The number of halogens is 4. The number of nitrogens with one attached hydrogen (secondary N) is 1. The maximum absolute atomic E-state index is 13.9. The second-order valence-electron chi connectivity index (χ2n) is 5.89. The van der Waals surface area contributed by atoms with Crippen LogP contribution in [0.25, 0.3) is 11.0 Å². The predicted octanol–water partition coefficient (Wildman–Crippen LogP) is 4.23. The van der Waals surface area contributed by atoms with E-state index in [2.05, 4.69) is 20.4 Å². The monoisotopic (exact) mass is 383 g/mol. The first-order valence-corrected chi connectivity index (χ1v) is 8.16. The quantitative estimate of drug-likeness (QED) is 0.668. The summed E-state index contributed by atoms with van der Waals surface area (Å²) in [6.07, 6.45) is -3.55. The summed E-state index contributed by atoms with van der Waals surface area (Å²) >= 11 is 0. The molecule has 0 aliphatic rings. The van der Waals surface area contributed by atoms with Gasteiger partial charge in [0.1, 0.15) is 11.0 Å². The molecule has 0 saturated carbocycles. The van der Waals surface area contributed by atoms with E-state index in [4.69, 9.17) is 4.74 Å². The minimum atomic E-state index is -4.73. The van der Waals surface area contributed by atoms with Crippen molar-refractivity contribution in [1.29, 1.82) is 0 Å². The fourth-order valence-electron chi connectivity index (χ4n) is 2.74. The van der Waals surface area contributed by atoms with Crippen LogP contribution in [0.4, 0.5) is 29.1 Å². The van der Waals surface area contributed by atoms with Crippen molar-refractivity contribution >= 4 is 22.5 Å². The van der Waals surface area contributed by atoms with Crippen LogP contribution in [0, 0.1) is 5.82 Å². The Morgan fingerprint density at radius 2 is 1.96 bits per heavy atom. The number of hydrogen-bond donors (Lipinski definition) is 1. The highest BCUT2D eigenvalue weighted by Gasteiger charge is 2.36. The highest BCUT2D eigenvalue weighted by molar-refractivity contribution is 5.89. The van der Waals surface area contributed by atoms with Gasteiger partial charge in [0.25, 0.3) is 0 Å². The Bertz CT molecular complexity index is 984. The van der Waals surface area contributed by atoms with Crippen molar-refractivity contribution < 1.29 is 22.3 Å². The second kappa shape index (κ2) is 7.01. The molecule has 10 heteroatoms. The van der Waals surface area contributed by atoms with Crippen LogP contribution in [0.1, 0.15) is 24.9 Å². The van der Waals surface area contributed by atoms with Crippen molar-refractivity contribution in [2.75, 3.05) is 12.4 Å². The third-order valence-electron chi connectivity index (χ3n) is 3.91. The van der Waals surface area contributed by atoms with Crippen LogP contribution in [0.2, 0.25) is 0 Å². The number of nitrogens with zero attached hydrogens (tertiary/aromatic N) is 4. The predicted molar refractivity (Wildman–Crippen MR) is 91.5 cm³/mol. The molecule has 0 spiro atoms. The Balaban J connectivity index is 2.16. The van der Waals surface area contributed by atoms with E-state index in [1.807, 2.05) is 6.92 Å². The number of ether oxygens (including phenoxy) is 1. The number of aromatic nitrogens is 4. The molecule has 0 aliphatic carbocycles. The SMILES string of the molecule is CCCc1nn(C)c2c(Nc3ccc(OC)c(F)c3)nc(C(F)(F)F)nc12. The van der Waals surface area contributed by atoms with Gasteiger partial charge in [0, 0.05) is 18.8 Å². The van der Waals surface area contributed by atoms with Gasteiger partial charge in [0.05, 0.1) is 12.8 Å².